The molecule has 64 valence electrons. The molecule has 0 amide bonds. The molecule has 4 heteroatoms. The highest BCUT2D eigenvalue weighted by Crippen LogP contribution is 2.18. The van der Waals surface area contributed by atoms with Crippen molar-refractivity contribution in [3.05, 3.63) is 0 Å². The summed E-state index contributed by atoms with van der Waals surface area (Å²) in [6, 6.07) is 0. The van der Waals surface area contributed by atoms with Crippen LogP contribution in [0.25, 0.3) is 0 Å². The smallest absolute Gasteiger partial charge is 0.333 e. The van der Waals surface area contributed by atoms with Crippen molar-refractivity contribution in [3.8, 4) is 0 Å². The van der Waals surface area contributed by atoms with E-state index in [0.717, 1.165) is 6.42 Å². The number of methoxy groups -OCH3 is 1. The van der Waals surface area contributed by atoms with Crippen molar-refractivity contribution >= 4 is 5.97 Å². The van der Waals surface area contributed by atoms with Gasteiger partial charge >= 0.3 is 5.97 Å². The predicted octanol–water partition coefficient (Wildman–Crippen LogP) is 0.122. The molecule has 1 heterocycles. The molecule has 1 rings (SSSR count). The molecule has 1 fully saturated rings. The second-order valence-electron chi connectivity index (χ2n) is 2.62. The highest BCUT2D eigenvalue weighted by atomic mass is 16.5. The van der Waals surface area contributed by atoms with Crippen molar-refractivity contribution in [1.82, 2.24) is 0 Å². The first-order valence-corrected chi connectivity index (χ1v) is 3.59. The Bertz CT molecular complexity index is 139. The molecule has 0 aromatic carbocycles. The minimum Gasteiger partial charge on any atom is -0.479 e. The maximum Gasteiger partial charge on any atom is 0.333 e. The van der Waals surface area contributed by atoms with Crippen molar-refractivity contribution < 1.29 is 19.4 Å². The van der Waals surface area contributed by atoms with Gasteiger partial charge in [-0.2, -0.15) is 0 Å². The van der Waals surface area contributed by atoms with Gasteiger partial charge in [0.25, 0.3) is 0 Å². The molecule has 0 aromatic rings. The summed E-state index contributed by atoms with van der Waals surface area (Å²) in [5, 5.41) is 8.65. The van der Waals surface area contributed by atoms with Gasteiger partial charge < -0.3 is 14.6 Å². The van der Waals surface area contributed by atoms with Crippen molar-refractivity contribution in [2.24, 2.45) is 5.92 Å². The third kappa shape index (κ3) is 1.91. The lowest BCUT2D eigenvalue weighted by Crippen LogP contribution is -2.31. The van der Waals surface area contributed by atoms with Crippen LogP contribution in [0.3, 0.4) is 0 Å². The highest BCUT2D eigenvalue weighted by molar-refractivity contribution is 5.72. The van der Waals surface area contributed by atoms with Gasteiger partial charge in [-0.15, -0.1) is 0 Å². The summed E-state index contributed by atoms with van der Waals surface area (Å²) in [4.78, 5) is 10.5. The number of aliphatic carboxylic acids is 1. The van der Waals surface area contributed by atoms with Crippen LogP contribution in [-0.4, -0.2) is 37.5 Å². The molecule has 0 bridgehead atoms. The van der Waals surface area contributed by atoms with Crippen LogP contribution < -0.4 is 0 Å². The topological polar surface area (TPSA) is 55.8 Å². The summed E-state index contributed by atoms with van der Waals surface area (Å²) in [5.74, 6) is -0.875. The average Bonchev–Trinajstić information content (AvgIpc) is 2.40. The molecule has 1 aliphatic rings. The Kier molecular flexibility index (Phi) is 2.84. The van der Waals surface area contributed by atoms with E-state index in [4.69, 9.17) is 14.6 Å². The minimum atomic E-state index is -0.900. The molecule has 4 nitrogen and oxygen atoms in total. The summed E-state index contributed by atoms with van der Waals surface area (Å²) in [6.07, 6.45) is 0.0858. The third-order valence-electron chi connectivity index (χ3n) is 1.89. The number of hydrogen-bond acceptors (Lipinski definition) is 3. The SMILES string of the molecule is CO[C@@H](C(=O)O)[C@H]1CCOC1. The van der Waals surface area contributed by atoms with Crippen LogP contribution in [0.4, 0.5) is 0 Å². The van der Waals surface area contributed by atoms with E-state index in [1.54, 1.807) is 0 Å². The molecule has 0 spiro atoms. The summed E-state index contributed by atoms with van der Waals surface area (Å²) in [7, 11) is 1.41. The molecule has 0 aliphatic carbocycles. The summed E-state index contributed by atoms with van der Waals surface area (Å²) < 4.78 is 9.86. The van der Waals surface area contributed by atoms with Crippen LogP contribution in [0.5, 0.6) is 0 Å². The monoisotopic (exact) mass is 160 g/mol. The Morgan fingerprint density at radius 1 is 1.82 bits per heavy atom. The van der Waals surface area contributed by atoms with Crippen LogP contribution in [0, 0.1) is 5.92 Å². The van der Waals surface area contributed by atoms with E-state index in [9.17, 15) is 4.79 Å². The maximum atomic E-state index is 10.5. The summed E-state index contributed by atoms with van der Waals surface area (Å²) in [5.41, 5.74) is 0. The lowest BCUT2D eigenvalue weighted by Gasteiger charge is -2.15. The minimum absolute atomic E-state index is 0.0255. The number of carboxylic acids is 1. The Labute approximate surface area is 65.1 Å². The first-order chi connectivity index (χ1) is 5.25. The standard InChI is InChI=1S/C7H12O4/c1-10-6(7(8)9)5-2-3-11-4-5/h5-6H,2-4H2,1H3,(H,8,9)/t5-,6+/m0/s1. The molecule has 11 heavy (non-hydrogen) atoms. The van der Waals surface area contributed by atoms with Crippen molar-refractivity contribution in [2.75, 3.05) is 20.3 Å². The van der Waals surface area contributed by atoms with Crippen LogP contribution in [0.15, 0.2) is 0 Å². The third-order valence-corrected chi connectivity index (χ3v) is 1.89. The zero-order valence-corrected chi connectivity index (χ0v) is 6.45. The van der Waals surface area contributed by atoms with E-state index in [1.807, 2.05) is 0 Å². The van der Waals surface area contributed by atoms with Gasteiger partial charge in [-0.25, -0.2) is 4.79 Å². The largest absolute Gasteiger partial charge is 0.479 e. The lowest BCUT2D eigenvalue weighted by atomic mass is 10.0. The van der Waals surface area contributed by atoms with E-state index < -0.39 is 12.1 Å². The second kappa shape index (κ2) is 3.69. The Morgan fingerprint density at radius 3 is 2.91 bits per heavy atom. The van der Waals surface area contributed by atoms with Crippen molar-refractivity contribution in [1.29, 1.82) is 0 Å². The second-order valence-corrected chi connectivity index (χ2v) is 2.62. The van der Waals surface area contributed by atoms with Crippen molar-refractivity contribution in [3.63, 3.8) is 0 Å². The van der Waals surface area contributed by atoms with E-state index >= 15 is 0 Å². The zero-order valence-electron chi connectivity index (χ0n) is 6.45. The lowest BCUT2D eigenvalue weighted by molar-refractivity contribution is -0.151. The van der Waals surface area contributed by atoms with E-state index in [1.165, 1.54) is 7.11 Å². The Morgan fingerprint density at radius 2 is 2.55 bits per heavy atom. The van der Waals surface area contributed by atoms with Gasteiger partial charge in [-0.05, 0) is 6.42 Å². The average molecular weight is 160 g/mol. The molecule has 0 radical (unpaired) electrons. The van der Waals surface area contributed by atoms with Gasteiger partial charge in [0.2, 0.25) is 0 Å². The zero-order chi connectivity index (χ0) is 8.27. The summed E-state index contributed by atoms with van der Waals surface area (Å²) in [6.45, 7) is 1.16. The molecule has 1 N–H and O–H groups in total. The Hall–Kier alpha value is -0.610. The quantitative estimate of drug-likeness (QED) is 0.637. The molecule has 1 saturated heterocycles. The van der Waals surface area contributed by atoms with Gasteiger partial charge in [-0.1, -0.05) is 0 Å². The maximum absolute atomic E-state index is 10.5. The van der Waals surface area contributed by atoms with Crippen molar-refractivity contribution in [2.45, 2.75) is 12.5 Å². The van der Waals surface area contributed by atoms with E-state index in [0.29, 0.717) is 13.2 Å². The van der Waals surface area contributed by atoms with Gasteiger partial charge in [0.15, 0.2) is 6.10 Å². The van der Waals surface area contributed by atoms with Crippen LogP contribution >= 0.6 is 0 Å². The fourth-order valence-corrected chi connectivity index (χ4v) is 1.29. The first-order valence-electron chi connectivity index (χ1n) is 3.59. The van der Waals surface area contributed by atoms with Gasteiger partial charge in [0.05, 0.1) is 6.61 Å². The molecular weight excluding hydrogens is 148 g/mol. The summed E-state index contributed by atoms with van der Waals surface area (Å²) >= 11 is 0. The van der Waals surface area contributed by atoms with Gasteiger partial charge in [0, 0.05) is 19.6 Å². The number of carbonyl (C=O) groups is 1. The fraction of sp³-hybridized carbons (Fsp3) is 0.857. The number of hydrogen-bond donors (Lipinski definition) is 1. The molecular formula is C7H12O4. The molecule has 2 atom stereocenters. The number of rotatable bonds is 3. The molecule has 0 aromatic heterocycles. The first kappa shape index (κ1) is 8.49. The molecule has 1 aliphatic heterocycles. The van der Waals surface area contributed by atoms with Crippen LogP contribution in [0.1, 0.15) is 6.42 Å². The number of carboxylic acid groups (broad SMARTS) is 1. The highest BCUT2D eigenvalue weighted by Gasteiger charge is 2.30. The Balaban J connectivity index is 2.46. The predicted molar refractivity (Wildman–Crippen MR) is 37.4 cm³/mol. The van der Waals surface area contributed by atoms with Crippen LogP contribution in [0.2, 0.25) is 0 Å². The molecule has 0 saturated carbocycles. The number of ether oxygens (including phenoxy) is 2. The molecule has 0 unspecified atom stereocenters. The van der Waals surface area contributed by atoms with Gasteiger partial charge in [-0.3, -0.25) is 0 Å². The van der Waals surface area contributed by atoms with Gasteiger partial charge in [0.1, 0.15) is 0 Å². The fourth-order valence-electron chi connectivity index (χ4n) is 1.29. The van der Waals surface area contributed by atoms with Crippen LogP contribution in [-0.2, 0) is 14.3 Å². The van der Waals surface area contributed by atoms with E-state index in [2.05, 4.69) is 0 Å². The normalized spacial score (nSPS) is 26.8. The van der Waals surface area contributed by atoms with E-state index in [-0.39, 0.29) is 5.92 Å².